The van der Waals surface area contributed by atoms with Crippen molar-refractivity contribution in [2.24, 2.45) is 0 Å². The summed E-state index contributed by atoms with van der Waals surface area (Å²) in [4.78, 5) is 21.3. The van der Waals surface area contributed by atoms with Gasteiger partial charge in [0.2, 0.25) is 5.95 Å². The number of ether oxygens (including phenoxy) is 1. The van der Waals surface area contributed by atoms with Crippen molar-refractivity contribution >= 4 is 29.1 Å². The zero-order chi connectivity index (χ0) is 25.5. The third-order valence-electron chi connectivity index (χ3n) is 5.09. The molecule has 0 aliphatic rings. The van der Waals surface area contributed by atoms with Crippen LogP contribution in [0.2, 0.25) is 5.15 Å². The van der Waals surface area contributed by atoms with E-state index in [1.165, 1.54) is 17.5 Å². The van der Waals surface area contributed by atoms with Crippen molar-refractivity contribution in [3.05, 3.63) is 70.4 Å². The van der Waals surface area contributed by atoms with Crippen LogP contribution in [0.1, 0.15) is 34.6 Å². The monoisotopic (exact) mass is 508 g/mol. The van der Waals surface area contributed by atoms with Gasteiger partial charge in [-0.3, -0.25) is 4.79 Å². The molecular weight excluding hydrogens is 492 g/mol. The van der Waals surface area contributed by atoms with E-state index in [-0.39, 0.29) is 22.2 Å². The van der Waals surface area contributed by atoms with Gasteiger partial charge in [0, 0.05) is 23.0 Å². The first kappa shape index (κ1) is 24.2. The number of fused-ring (bicyclic) bond motifs is 1. The molecule has 3 N–H and O–H groups in total. The van der Waals surface area contributed by atoms with Gasteiger partial charge in [0.15, 0.2) is 5.65 Å². The molecule has 1 aromatic carbocycles. The van der Waals surface area contributed by atoms with Crippen LogP contribution in [0.5, 0.6) is 5.75 Å². The lowest BCUT2D eigenvalue weighted by molar-refractivity contribution is -0.274. The number of hydrogen-bond donors (Lipinski definition) is 2. The lowest BCUT2D eigenvalue weighted by atomic mass is 10.0. The Labute approximate surface area is 200 Å². The molecule has 4 rings (SSSR count). The molecular formula is C22H17ClF4N6O2. The number of amides is 1. The van der Waals surface area contributed by atoms with Crippen molar-refractivity contribution in [3.8, 4) is 16.9 Å². The molecule has 3 heterocycles. The number of aryl methyl sites for hydroxylation is 1. The van der Waals surface area contributed by atoms with Gasteiger partial charge >= 0.3 is 6.36 Å². The highest BCUT2D eigenvalue weighted by Crippen LogP contribution is 2.30. The summed E-state index contributed by atoms with van der Waals surface area (Å²) in [6.45, 7) is 3.11. The van der Waals surface area contributed by atoms with E-state index in [1.54, 1.807) is 25.3 Å². The fraction of sp³-hybridized carbons (Fsp3) is 0.182. The van der Waals surface area contributed by atoms with Gasteiger partial charge in [-0.1, -0.05) is 11.6 Å². The molecule has 0 aliphatic carbocycles. The molecule has 0 saturated heterocycles. The van der Waals surface area contributed by atoms with Gasteiger partial charge in [-0.05, 0) is 55.8 Å². The summed E-state index contributed by atoms with van der Waals surface area (Å²) in [6.07, 6.45) is -3.30. The number of nitrogen functional groups attached to an aromatic ring is 1. The second kappa shape index (κ2) is 9.02. The average molecular weight is 509 g/mol. The van der Waals surface area contributed by atoms with Crippen LogP contribution in [-0.4, -0.2) is 31.9 Å². The molecule has 0 spiro atoms. The van der Waals surface area contributed by atoms with Crippen LogP contribution in [0.25, 0.3) is 16.8 Å². The minimum atomic E-state index is -4.94. The molecule has 0 radical (unpaired) electrons. The molecule has 0 fully saturated rings. The first-order chi connectivity index (χ1) is 16.4. The Balaban J connectivity index is 1.63. The minimum Gasteiger partial charge on any atom is -0.406 e. The van der Waals surface area contributed by atoms with Gasteiger partial charge in [-0.2, -0.15) is 4.98 Å². The van der Waals surface area contributed by atoms with Crippen molar-refractivity contribution in [2.45, 2.75) is 26.3 Å². The van der Waals surface area contributed by atoms with Crippen molar-refractivity contribution < 1.29 is 27.1 Å². The molecule has 1 amide bonds. The fourth-order valence-corrected chi connectivity index (χ4v) is 3.76. The van der Waals surface area contributed by atoms with Crippen LogP contribution in [0.4, 0.5) is 23.5 Å². The number of nitrogens with zero attached hydrogens (tertiary/aromatic N) is 4. The second-order valence-corrected chi connectivity index (χ2v) is 7.93. The summed E-state index contributed by atoms with van der Waals surface area (Å²) in [7, 11) is 0. The minimum absolute atomic E-state index is 0.0110. The van der Waals surface area contributed by atoms with Gasteiger partial charge in [0.25, 0.3) is 5.91 Å². The van der Waals surface area contributed by atoms with E-state index in [1.807, 2.05) is 0 Å². The Morgan fingerprint density at radius 3 is 2.66 bits per heavy atom. The first-order valence-electron chi connectivity index (χ1n) is 10.1. The number of pyridine rings is 2. The largest absolute Gasteiger partial charge is 0.573 e. The molecule has 13 heteroatoms. The Kier molecular flexibility index (Phi) is 6.24. The quantitative estimate of drug-likeness (QED) is 0.294. The smallest absolute Gasteiger partial charge is 0.406 e. The zero-order valence-corrected chi connectivity index (χ0v) is 18.9. The highest BCUT2D eigenvalue weighted by Gasteiger charge is 2.31. The number of halogens is 5. The Hall–Kier alpha value is -3.93. The molecule has 0 bridgehead atoms. The van der Waals surface area contributed by atoms with E-state index < -0.39 is 29.9 Å². The summed E-state index contributed by atoms with van der Waals surface area (Å²) in [5.41, 5.74) is 7.65. The van der Waals surface area contributed by atoms with Crippen molar-refractivity contribution in [3.63, 3.8) is 0 Å². The van der Waals surface area contributed by atoms with Gasteiger partial charge in [0.05, 0.1) is 11.6 Å². The van der Waals surface area contributed by atoms with E-state index in [9.17, 15) is 22.4 Å². The number of carbonyl (C=O) groups is 1. The standard InChI is InChI=1S/C22H17ClF4N6O2/c1-10-14(12-5-6-33-18(7-12)31-21(28)32-33)9-16(19(23)29-10)20(34)30-11(2)15-8-13(3-4-17(15)24)35-22(25,26)27/h3-9,11H,1-2H3,(H2,28,32)(H,30,34)/t11-/m1/s1. The summed E-state index contributed by atoms with van der Waals surface area (Å²) >= 11 is 6.21. The van der Waals surface area contributed by atoms with Crippen LogP contribution >= 0.6 is 11.6 Å². The highest BCUT2D eigenvalue weighted by molar-refractivity contribution is 6.32. The summed E-state index contributed by atoms with van der Waals surface area (Å²) < 4.78 is 57.2. The molecule has 182 valence electrons. The highest BCUT2D eigenvalue weighted by atomic mass is 35.5. The number of nitrogens with two attached hydrogens (primary N) is 1. The third kappa shape index (κ3) is 5.27. The molecule has 35 heavy (non-hydrogen) atoms. The van der Waals surface area contributed by atoms with Crippen LogP contribution in [-0.2, 0) is 0 Å². The van der Waals surface area contributed by atoms with E-state index in [4.69, 9.17) is 17.3 Å². The number of aromatic nitrogens is 4. The lowest BCUT2D eigenvalue weighted by Gasteiger charge is -2.18. The molecule has 8 nitrogen and oxygen atoms in total. The Morgan fingerprint density at radius 2 is 1.94 bits per heavy atom. The van der Waals surface area contributed by atoms with Gasteiger partial charge < -0.3 is 15.8 Å². The van der Waals surface area contributed by atoms with Gasteiger partial charge in [0.1, 0.15) is 16.7 Å². The number of alkyl halides is 3. The Bertz CT molecular complexity index is 1440. The van der Waals surface area contributed by atoms with Crippen LogP contribution < -0.4 is 15.8 Å². The summed E-state index contributed by atoms with van der Waals surface area (Å²) in [5.74, 6) is -2.04. The third-order valence-corrected chi connectivity index (χ3v) is 5.38. The number of nitrogens with one attached hydrogen (secondary N) is 1. The number of carbonyl (C=O) groups excluding carboxylic acids is 1. The van der Waals surface area contributed by atoms with Crippen LogP contribution in [0.3, 0.4) is 0 Å². The molecule has 1 atom stereocenters. The van der Waals surface area contributed by atoms with Crippen LogP contribution in [0, 0.1) is 12.7 Å². The van der Waals surface area contributed by atoms with Gasteiger partial charge in [-0.15, -0.1) is 18.3 Å². The number of rotatable bonds is 5. The average Bonchev–Trinajstić information content (AvgIpc) is 3.13. The first-order valence-corrected chi connectivity index (χ1v) is 10.4. The van der Waals surface area contributed by atoms with Crippen molar-refractivity contribution in [1.29, 1.82) is 0 Å². The van der Waals surface area contributed by atoms with Crippen molar-refractivity contribution in [1.82, 2.24) is 24.9 Å². The maximum atomic E-state index is 14.3. The number of anilines is 1. The molecule has 3 aromatic heterocycles. The second-order valence-electron chi connectivity index (χ2n) is 7.57. The topological polar surface area (TPSA) is 107 Å². The Morgan fingerprint density at radius 1 is 1.20 bits per heavy atom. The van der Waals surface area contributed by atoms with E-state index in [0.717, 1.165) is 18.2 Å². The number of hydrogen-bond acceptors (Lipinski definition) is 6. The van der Waals surface area contributed by atoms with Crippen molar-refractivity contribution in [2.75, 3.05) is 5.73 Å². The molecule has 4 aromatic rings. The molecule has 0 unspecified atom stereocenters. The predicted molar refractivity (Wildman–Crippen MR) is 119 cm³/mol. The van der Waals surface area contributed by atoms with Gasteiger partial charge in [-0.25, -0.2) is 13.9 Å². The predicted octanol–water partition coefficient (Wildman–Crippen LogP) is 4.86. The summed E-state index contributed by atoms with van der Waals surface area (Å²) in [6, 6.07) is 6.46. The maximum Gasteiger partial charge on any atom is 0.573 e. The molecule has 0 saturated carbocycles. The maximum absolute atomic E-state index is 14.3. The molecule has 0 aliphatic heterocycles. The lowest BCUT2D eigenvalue weighted by Crippen LogP contribution is -2.28. The van der Waals surface area contributed by atoms with E-state index in [0.29, 0.717) is 22.5 Å². The van der Waals surface area contributed by atoms with E-state index >= 15 is 0 Å². The normalized spacial score (nSPS) is 12.5. The zero-order valence-electron chi connectivity index (χ0n) is 18.2. The van der Waals surface area contributed by atoms with Crippen LogP contribution in [0.15, 0.2) is 42.6 Å². The van der Waals surface area contributed by atoms with E-state index in [2.05, 4.69) is 25.1 Å². The fourth-order valence-electron chi connectivity index (χ4n) is 3.50. The SMILES string of the molecule is Cc1nc(Cl)c(C(=O)N[C@H](C)c2cc(OC(F)(F)F)ccc2F)cc1-c1ccn2nc(N)nc2c1. The number of benzene rings is 1. The summed E-state index contributed by atoms with van der Waals surface area (Å²) in [5, 5.41) is 6.44.